The van der Waals surface area contributed by atoms with Gasteiger partial charge in [-0.25, -0.2) is 5.10 Å². The Balaban J connectivity index is 1.54. The molecule has 0 bridgehead atoms. The van der Waals surface area contributed by atoms with Gasteiger partial charge in [0.25, 0.3) is 17.4 Å². The fraction of sp³-hybridized carbons (Fsp3) is 0.294. The normalized spacial score (nSPS) is 15.1. The van der Waals surface area contributed by atoms with Crippen molar-refractivity contribution in [2.45, 2.75) is 18.9 Å². The topological polar surface area (TPSA) is 95.2 Å². The molecular formula is C17H18N4O3. The Morgan fingerprint density at radius 3 is 2.42 bits per heavy atom. The molecule has 1 aliphatic rings. The van der Waals surface area contributed by atoms with Gasteiger partial charge in [0.1, 0.15) is 5.69 Å². The maximum Gasteiger partial charge on any atom is 0.274 e. The van der Waals surface area contributed by atoms with Crippen molar-refractivity contribution in [2.24, 2.45) is 0 Å². The molecule has 0 aliphatic carbocycles. The number of aromatic amines is 1. The van der Waals surface area contributed by atoms with Crippen LogP contribution >= 0.6 is 0 Å². The number of likely N-dealkylation sites (tertiary alicyclic amines) is 1. The summed E-state index contributed by atoms with van der Waals surface area (Å²) in [6.07, 6.45) is 1.38. The van der Waals surface area contributed by atoms with Crippen LogP contribution in [0.5, 0.6) is 0 Å². The molecule has 2 aromatic rings. The number of benzene rings is 1. The first-order valence-corrected chi connectivity index (χ1v) is 7.84. The van der Waals surface area contributed by atoms with Gasteiger partial charge in [-0.05, 0) is 31.0 Å². The van der Waals surface area contributed by atoms with Crippen LogP contribution in [0.2, 0.25) is 0 Å². The molecule has 0 spiro atoms. The average molecular weight is 326 g/mol. The van der Waals surface area contributed by atoms with Crippen LogP contribution in [0.3, 0.4) is 0 Å². The SMILES string of the molecule is O=C(NC1CCN(C(=O)c2ccc(=O)[nH]n2)CC1)c1ccccc1. The second-order valence-electron chi connectivity index (χ2n) is 5.71. The maximum atomic E-state index is 12.3. The maximum absolute atomic E-state index is 12.3. The summed E-state index contributed by atoms with van der Waals surface area (Å²) in [5.41, 5.74) is 0.517. The zero-order valence-electron chi connectivity index (χ0n) is 13.1. The van der Waals surface area contributed by atoms with Gasteiger partial charge in [0.15, 0.2) is 0 Å². The van der Waals surface area contributed by atoms with Crippen LogP contribution in [0.4, 0.5) is 0 Å². The van der Waals surface area contributed by atoms with Crippen molar-refractivity contribution in [2.75, 3.05) is 13.1 Å². The molecule has 2 heterocycles. The number of nitrogens with one attached hydrogen (secondary N) is 2. The van der Waals surface area contributed by atoms with Crippen LogP contribution in [0.25, 0.3) is 0 Å². The summed E-state index contributed by atoms with van der Waals surface area (Å²) in [7, 11) is 0. The molecule has 3 rings (SSSR count). The minimum atomic E-state index is -0.339. The van der Waals surface area contributed by atoms with E-state index in [1.807, 2.05) is 18.2 Å². The fourth-order valence-corrected chi connectivity index (χ4v) is 2.71. The standard InChI is InChI=1S/C17H18N4O3/c22-15-7-6-14(19-20-15)17(24)21-10-8-13(9-11-21)18-16(23)12-4-2-1-3-5-12/h1-7,13H,8-11H2,(H,18,23)(H,20,22). The third kappa shape index (κ3) is 3.68. The van der Waals surface area contributed by atoms with E-state index in [9.17, 15) is 14.4 Å². The summed E-state index contributed by atoms with van der Waals surface area (Å²) in [6, 6.07) is 11.8. The molecule has 1 aromatic heterocycles. The lowest BCUT2D eigenvalue weighted by Crippen LogP contribution is -2.46. The van der Waals surface area contributed by atoms with E-state index in [-0.39, 0.29) is 29.1 Å². The molecule has 2 amide bonds. The van der Waals surface area contributed by atoms with Gasteiger partial charge in [-0.1, -0.05) is 18.2 Å². The fourth-order valence-electron chi connectivity index (χ4n) is 2.71. The molecule has 0 radical (unpaired) electrons. The van der Waals surface area contributed by atoms with Crippen molar-refractivity contribution < 1.29 is 9.59 Å². The molecule has 7 heteroatoms. The largest absolute Gasteiger partial charge is 0.349 e. The molecule has 0 unspecified atom stereocenters. The number of carbonyl (C=O) groups excluding carboxylic acids is 2. The van der Waals surface area contributed by atoms with Gasteiger partial charge in [0, 0.05) is 30.8 Å². The van der Waals surface area contributed by atoms with E-state index in [0.717, 1.165) is 0 Å². The molecule has 0 atom stereocenters. The molecule has 0 saturated carbocycles. The van der Waals surface area contributed by atoms with E-state index in [2.05, 4.69) is 15.5 Å². The smallest absolute Gasteiger partial charge is 0.274 e. The third-order valence-corrected chi connectivity index (χ3v) is 4.05. The van der Waals surface area contributed by atoms with Crippen LogP contribution in [0.15, 0.2) is 47.3 Å². The summed E-state index contributed by atoms with van der Waals surface area (Å²) >= 11 is 0. The lowest BCUT2D eigenvalue weighted by atomic mass is 10.0. The van der Waals surface area contributed by atoms with Crippen LogP contribution in [-0.2, 0) is 0 Å². The molecule has 124 valence electrons. The highest BCUT2D eigenvalue weighted by molar-refractivity contribution is 5.94. The quantitative estimate of drug-likeness (QED) is 0.872. The number of hydrogen-bond acceptors (Lipinski definition) is 4. The number of rotatable bonds is 3. The van der Waals surface area contributed by atoms with E-state index in [4.69, 9.17) is 0 Å². The number of amides is 2. The summed E-state index contributed by atoms with van der Waals surface area (Å²) in [5.74, 6) is -0.304. The van der Waals surface area contributed by atoms with Crippen LogP contribution < -0.4 is 10.9 Å². The molecule has 2 N–H and O–H groups in total. The number of H-pyrrole nitrogens is 1. The van der Waals surface area contributed by atoms with Gasteiger partial charge in [-0.2, -0.15) is 5.10 Å². The van der Waals surface area contributed by atoms with Crippen LogP contribution in [0.1, 0.15) is 33.7 Å². The van der Waals surface area contributed by atoms with Gasteiger partial charge >= 0.3 is 0 Å². The Labute approximate surface area is 138 Å². The summed E-state index contributed by atoms with van der Waals surface area (Å²) in [4.78, 5) is 37.1. The Kier molecular flexibility index (Phi) is 4.69. The van der Waals surface area contributed by atoms with Gasteiger partial charge in [0.2, 0.25) is 0 Å². The van der Waals surface area contributed by atoms with Gasteiger partial charge in [-0.3, -0.25) is 14.4 Å². The summed E-state index contributed by atoms with van der Waals surface area (Å²) < 4.78 is 0. The lowest BCUT2D eigenvalue weighted by Gasteiger charge is -2.32. The van der Waals surface area contributed by atoms with Gasteiger partial charge < -0.3 is 10.2 Å². The highest BCUT2D eigenvalue weighted by atomic mass is 16.2. The average Bonchev–Trinajstić information content (AvgIpc) is 2.63. The predicted molar refractivity (Wildman–Crippen MR) is 87.7 cm³/mol. The Hall–Kier alpha value is -2.96. The lowest BCUT2D eigenvalue weighted by molar-refractivity contribution is 0.0691. The number of aromatic nitrogens is 2. The van der Waals surface area contributed by atoms with Crippen LogP contribution in [0, 0.1) is 0 Å². The van der Waals surface area contributed by atoms with Gasteiger partial charge in [-0.15, -0.1) is 0 Å². The Bertz CT molecular complexity index is 759. The monoisotopic (exact) mass is 326 g/mol. The molecule has 24 heavy (non-hydrogen) atoms. The second-order valence-corrected chi connectivity index (χ2v) is 5.71. The minimum Gasteiger partial charge on any atom is -0.349 e. The zero-order chi connectivity index (χ0) is 16.9. The van der Waals surface area contributed by atoms with Crippen molar-refractivity contribution >= 4 is 11.8 Å². The van der Waals surface area contributed by atoms with Gasteiger partial charge in [0.05, 0.1) is 0 Å². The number of carbonyl (C=O) groups is 2. The second kappa shape index (κ2) is 7.08. The Morgan fingerprint density at radius 2 is 1.79 bits per heavy atom. The molecule has 1 aromatic carbocycles. The number of hydrogen-bond donors (Lipinski definition) is 2. The molecular weight excluding hydrogens is 308 g/mol. The highest BCUT2D eigenvalue weighted by Crippen LogP contribution is 2.13. The Morgan fingerprint density at radius 1 is 1.08 bits per heavy atom. The minimum absolute atomic E-state index is 0.0466. The summed E-state index contributed by atoms with van der Waals surface area (Å²) in [6.45, 7) is 1.08. The summed E-state index contributed by atoms with van der Waals surface area (Å²) in [5, 5.41) is 9.03. The van der Waals surface area contributed by atoms with Crippen molar-refractivity contribution in [3.05, 3.63) is 64.1 Å². The predicted octanol–water partition coefficient (Wildman–Crippen LogP) is 0.804. The van der Waals surface area contributed by atoms with Crippen molar-refractivity contribution in [1.29, 1.82) is 0 Å². The third-order valence-electron chi connectivity index (χ3n) is 4.05. The number of piperidine rings is 1. The molecule has 1 fully saturated rings. The van der Waals surface area contributed by atoms with E-state index in [1.54, 1.807) is 17.0 Å². The van der Waals surface area contributed by atoms with E-state index in [1.165, 1.54) is 12.1 Å². The van der Waals surface area contributed by atoms with E-state index in [0.29, 0.717) is 31.5 Å². The first-order valence-electron chi connectivity index (χ1n) is 7.84. The van der Waals surface area contributed by atoms with Crippen molar-refractivity contribution in [3.63, 3.8) is 0 Å². The van der Waals surface area contributed by atoms with Crippen molar-refractivity contribution in [3.8, 4) is 0 Å². The van der Waals surface area contributed by atoms with E-state index < -0.39 is 0 Å². The zero-order valence-corrected chi connectivity index (χ0v) is 13.1. The highest BCUT2D eigenvalue weighted by Gasteiger charge is 2.25. The molecule has 7 nitrogen and oxygen atoms in total. The number of nitrogens with zero attached hydrogens (tertiary/aromatic N) is 2. The molecule has 1 saturated heterocycles. The van der Waals surface area contributed by atoms with Crippen molar-refractivity contribution in [1.82, 2.24) is 20.4 Å². The first-order chi connectivity index (χ1) is 11.6. The first kappa shape index (κ1) is 15.9. The van der Waals surface area contributed by atoms with E-state index >= 15 is 0 Å². The van der Waals surface area contributed by atoms with Crippen LogP contribution in [-0.4, -0.2) is 46.0 Å². The molecule has 1 aliphatic heterocycles.